The van der Waals surface area contributed by atoms with E-state index in [0.717, 1.165) is 27.8 Å². The number of anilines is 1. The molecule has 0 aliphatic rings. The second-order valence-electron chi connectivity index (χ2n) is 8.63. The fourth-order valence-corrected chi connectivity index (χ4v) is 5.47. The molecule has 1 amide bonds. The van der Waals surface area contributed by atoms with Crippen molar-refractivity contribution in [2.24, 2.45) is 0 Å². The first-order chi connectivity index (χ1) is 15.5. The summed E-state index contributed by atoms with van der Waals surface area (Å²) in [5.74, 6) is -0.361. The zero-order chi connectivity index (χ0) is 24.3. The molecule has 6 heteroatoms. The van der Waals surface area contributed by atoms with Crippen LogP contribution in [0.25, 0.3) is 0 Å². The van der Waals surface area contributed by atoms with E-state index >= 15 is 0 Å². The Morgan fingerprint density at radius 3 is 2.15 bits per heavy atom. The van der Waals surface area contributed by atoms with Gasteiger partial charge >= 0.3 is 0 Å². The second-order valence-corrected chi connectivity index (χ2v) is 10.5. The summed E-state index contributed by atoms with van der Waals surface area (Å²) >= 11 is 0. The van der Waals surface area contributed by atoms with Crippen LogP contribution in [0.3, 0.4) is 0 Å². The van der Waals surface area contributed by atoms with E-state index in [1.165, 1.54) is 9.87 Å². The van der Waals surface area contributed by atoms with Gasteiger partial charge in [0.1, 0.15) is 6.54 Å². The van der Waals surface area contributed by atoms with Crippen LogP contribution in [-0.4, -0.2) is 20.9 Å². The Balaban J connectivity index is 1.95. The van der Waals surface area contributed by atoms with E-state index in [1.807, 2.05) is 46.8 Å². The van der Waals surface area contributed by atoms with Crippen molar-refractivity contribution < 1.29 is 13.2 Å². The van der Waals surface area contributed by atoms with Crippen LogP contribution in [0, 0.1) is 34.6 Å². The molecule has 3 aromatic carbocycles. The van der Waals surface area contributed by atoms with Crippen LogP contribution in [-0.2, 0) is 14.8 Å². The number of hydrogen-bond acceptors (Lipinski definition) is 3. The molecule has 174 valence electrons. The maximum Gasteiger partial charge on any atom is 0.264 e. The Morgan fingerprint density at radius 1 is 0.848 bits per heavy atom. The van der Waals surface area contributed by atoms with Crippen molar-refractivity contribution in [1.82, 2.24) is 5.32 Å². The molecule has 3 rings (SSSR count). The highest BCUT2D eigenvalue weighted by Crippen LogP contribution is 2.29. The molecule has 3 aromatic rings. The number of carbonyl (C=O) groups is 1. The number of nitrogens with one attached hydrogen (secondary N) is 1. The van der Waals surface area contributed by atoms with E-state index in [2.05, 4.69) is 24.4 Å². The van der Waals surface area contributed by atoms with E-state index in [9.17, 15) is 13.2 Å². The van der Waals surface area contributed by atoms with E-state index in [-0.39, 0.29) is 23.4 Å². The average molecular weight is 465 g/mol. The van der Waals surface area contributed by atoms with Crippen LogP contribution in [0.5, 0.6) is 0 Å². The van der Waals surface area contributed by atoms with Gasteiger partial charge in [-0.05, 0) is 93.1 Å². The molecule has 5 nitrogen and oxygen atoms in total. The molecule has 0 aliphatic carbocycles. The first-order valence-corrected chi connectivity index (χ1v) is 12.5. The number of aryl methyl sites for hydroxylation is 4. The minimum absolute atomic E-state index is 0.150. The summed E-state index contributed by atoms with van der Waals surface area (Å²) in [7, 11) is -3.94. The Bertz CT molecular complexity index is 1270. The zero-order valence-corrected chi connectivity index (χ0v) is 21.0. The highest BCUT2D eigenvalue weighted by molar-refractivity contribution is 7.92. The number of carbonyl (C=O) groups excluding carboxylic acids is 1. The van der Waals surface area contributed by atoms with E-state index in [0.29, 0.717) is 5.69 Å². The van der Waals surface area contributed by atoms with Gasteiger partial charge in [0, 0.05) is 0 Å². The maximum atomic E-state index is 13.6. The summed E-state index contributed by atoms with van der Waals surface area (Å²) in [5, 5.41) is 3.00. The van der Waals surface area contributed by atoms with Crippen LogP contribution in [0.15, 0.2) is 65.6 Å². The van der Waals surface area contributed by atoms with Crippen LogP contribution in [0.1, 0.15) is 46.3 Å². The SMILES string of the molecule is Cc1cc(C)c([C@@H](C)NC(=O)CN(c2cccc(C)c2C)S(=O)(=O)c2ccccc2)cc1C. The Labute approximate surface area is 197 Å². The Kier molecular flexibility index (Phi) is 7.28. The van der Waals surface area contributed by atoms with Crippen molar-refractivity contribution in [3.63, 3.8) is 0 Å². The van der Waals surface area contributed by atoms with Gasteiger partial charge in [-0.15, -0.1) is 0 Å². The molecular weight excluding hydrogens is 432 g/mol. The molecule has 0 aliphatic heterocycles. The van der Waals surface area contributed by atoms with Gasteiger partial charge < -0.3 is 5.32 Å². The van der Waals surface area contributed by atoms with Crippen LogP contribution in [0.2, 0.25) is 0 Å². The number of amides is 1. The van der Waals surface area contributed by atoms with Crippen LogP contribution in [0.4, 0.5) is 5.69 Å². The normalized spacial score (nSPS) is 12.3. The minimum Gasteiger partial charge on any atom is -0.348 e. The quantitative estimate of drug-likeness (QED) is 0.516. The highest BCUT2D eigenvalue weighted by Gasteiger charge is 2.29. The number of hydrogen-bond donors (Lipinski definition) is 1. The number of sulfonamides is 1. The third-order valence-corrected chi connectivity index (χ3v) is 7.96. The van der Waals surface area contributed by atoms with Crippen molar-refractivity contribution in [2.75, 3.05) is 10.8 Å². The molecule has 0 bridgehead atoms. The summed E-state index contributed by atoms with van der Waals surface area (Å²) in [6.07, 6.45) is 0. The third kappa shape index (κ3) is 5.28. The van der Waals surface area contributed by atoms with Gasteiger partial charge in [0.25, 0.3) is 10.0 Å². The number of benzene rings is 3. The predicted molar refractivity (Wildman–Crippen MR) is 134 cm³/mol. The number of rotatable bonds is 7. The first kappa shape index (κ1) is 24.5. The molecule has 1 N–H and O–H groups in total. The predicted octanol–water partition coefficient (Wildman–Crippen LogP) is 5.30. The second kappa shape index (κ2) is 9.79. The molecule has 0 aromatic heterocycles. The monoisotopic (exact) mass is 464 g/mol. The topological polar surface area (TPSA) is 66.5 Å². The van der Waals surface area contributed by atoms with Crippen molar-refractivity contribution in [3.8, 4) is 0 Å². The van der Waals surface area contributed by atoms with E-state index in [1.54, 1.807) is 36.4 Å². The average Bonchev–Trinajstić information content (AvgIpc) is 2.77. The number of nitrogens with zero attached hydrogens (tertiary/aromatic N) is 1. The van der Waals surface area contributed by atoms with Gasteiger partial charge in [0.2, 0.25) is 5.91 Å². The van der Waals surface area contributed by atoms with Gasteiger partial charge in [0.05, 0.1) is 16.6 Å². The third-order valence-electron chi connectivity index (χ3n) is 6.19. The van der Waals surface area contributed by atoms with Crippen molar-refractivity contribution in [1.29, 1.82) is 0 Å². The molecule has 1 atom stereocenters. The van der Waals surface area contributed by atoms with Gasteiger partial charge in [0.15, 0.2) is 0 Å². The van der Waals surface area contributed by atoms with E-state index in [4.69, 9.17) is 0 Å². The molecule has 0 heterocycles. The van der Waals surface area contributed by atoms with Gasteiger partial charge in [-0.3, -0.25) is 9.10 Å². The maximum absolute atomic E-state index is 13.6. The van der Waals surface area contributed by atoms with Crippen LogP contribution < -0.4 is 9.62 Å². The Hall–Kier alpha value is -3.12. The van der Waals surface area contributed by atoms with E-state index < -0.39 is 10.0 Å². The lowest BCUT2D eigenvalue weighted by atomic mass is 9.96. The molecule has 33 heavy (non-hydrogen) atoms. The van der Waals surface area contributed by atoms with Crippen molar-refractivity contribution in [2.45, 2.75) is 52.5 Å². The lowest BCUT2D eigenvalue weighted by molar-refractivity contribution is -0.120. The molecular formula is C27H32N2O3S. The molecule has 0 spiro atoms. The molecule has 0 fully saturated rings. The van der Waals surface area contributed by atoms with Crippen molar-refractivity contribution in [3.05, 3.63) is 94.0 Å². The lowest BCUT2D eigenvalue weighted by Gasteiger charge is -2.27. The summed E-state index contributed by atoms with van der Waals surface area (Å²) in [6, 6.07) is 17.6. The summed E-state index contributed by atoms with van der Waals surface area (Å²) in [4.78, 5) is 13.3. The summed E-state index contributed by atoms with van der Waals surface area (Å²) < 4.78 is 28.3. The zero-order valence-electron chi connectivity index (χ0n) is 20.1. The minimum atomic E-state index is -3.94. The molecule has 0 unspecified atom stereocenters. The first-order valence-electron chi connectivity index (χ1n) is 11.0. The van der Waals surface area contributed by atoms with Crippen molar-refractivity contribution >= 4 is 21.6 Å². The van der Waals surface area contributed by atoms with Gasteiger partial charge in [-0.25, -0.2) is 8.42 Å². The highest BCUT2D eigenvalue weighted by atomic mass is 32.2. The molecule has 0 saturated heterocycles. The smallest absolute Gasteiger partial charge is 0.264 e. The summed E-state index contributed by atoms with van der Waals surface area (Å²) in [6.45, 7) is 11.5. The fraction of sp³-hybridized carbons (Fsp3) is 0.296. The lowest BCUT2D eigenvalue weighted by Crippen LogP contribution is -2.42. The molecule has 0 saturated carbocycles. The molecule has 0 radical (unpaired) electrons. The van der Waals surface area contributed by atoms with Gasteiger partial charge in [-0.1, -0.05) is 42.5 Å². The largest absolute Gasteiger partial charge is 0.348 e. The Morgan fingerprint density at radius 2 is 1.48 bits per heavy atom. The standard InChI is InChI=1S/C27H32N2O3S/c1-18-11-10-14-26(22(18)5)29(33(31,32)24-12-8-7-9-13-24)17-27(30)28-23(6)25-16-20(3)19(2)15-21(25)4/h7-16,23H,17H2,1-6H3,(H,28,30)/t23-/m1/s1. The van der Waals surface area contributed by atoms with Gasteiger partial charge in [-0.2, -0.15) is 0 Å². The summed E-state index contributed by atoms with van der Waals surface area (Å²) in [5.41, 5.74) is 6.75. The fourth-order valence-electron chi connectivity index (χ4n) is 3.97. The van der Waals surface area contributed by atoms with Crippen LogP contribution >= 0.6 is 0 Å².